The molecule has 0 spiro atoms. The third-order valence-corrected chi connectivity index (χ3v) is 20.8. The fourth-order valence-electron chi connectivity index (χ4n) is 14.6. The highest BCUT2D eigenvalue weighted by Gasteiger charge is 2.46. The molecule has 2 aliphatic heterocycles. The number of nitrogens with zero attached hydrogens (tertiary/aromatic N) is 4. The second-order valence-corrected chi connectivity index (χ2v) is 29.3. The lowest BCUT2D eigenvalue weighted by molar-refractivity contribution is -0.139. The van der Waals surface area contributed by atoms with Crippen molar-refractivity contribution in [2.24, 2.45) is 0 Å². The Morgan fingerprint density at radius 2 is 0.551 bits per heavy atom. The van der Waals surface area contributed by atoms with Gasteiger partial charge in [-0.15, -0.1) is 0 Å². The normalized spacial score (nSPS) is 12.8. The van der Waals surface area contributed by atoms with Crippen molar-refractivity contribution >= 4 is 102 Å². The van der Waals surface area contributed by atoms with Gasteiger partial charge in [0.05, 0.1) is 48.7 Å². The van der Waals surface area contributed by atoms with Crippen molar-refractivity contribution in [2.45, 2.75) is 106 Å². The Morgan fingerprint density at radius 1 is 0.322 bits per heavy atom. The molecule has 2 unspecified atom stereocenters. The zero-order valence-electron chi connectivity index (χ0n) is 66.9. The van der Waals surface area contributed by atoms with Crippen LogP contribution in [0.3, 0.4) is 0 Å². The number of carbonyl (C=O) groups excluding carboxylic acids is 10. The molecular formula is C96H88N4O18. The van der Waals surface area contributed by atoms with Gasteiger partial charge in [-0.05, 0) is 162 Å². The Morgan fingerprint density at radius 3 is 0.763 bits per heavy atom. The van der Waals surface area contributed by atoms with E-state index >= 15 is 28.8 Å². The van der Waals surface area contributed by atoms with Crippen molar-refractivity contribution in [1.82, 2.24) is 19.6 Å². The topological polar surface area (TPSA) is 258 Å². The van der Waals surface area contributed by atoms with Gasteiger partial charge >= 0.3 is 23.9 Å². The van der Waals surface area contributed by atoms with Crippen molar-refractivity contribution < 1.29 is 85.8 Å². The van der Waals surface area contributed by atoms with E-state index in [1.54, 1.807) is 148 Å². The van der Waals surface area contributed by atoms with Crippen LogP contribution in [-0.4, -0.2) is 131 Å². The van der Waals surface area contributed by atoms with Gasteiger partial charge in [0.1, 0.15) is 58.1 Å². The molecule has 22 nitrogen and oxygen atoms in total. The second-order valence-electron chi connectivity index (χ2n) is 29.3. The zero-order valence-corrected chi connectivity index (χ0v) is 66.9. The predicted octanol–water partition coefficient (Wildman–Crippen LogP) is 17.6. The quantitative estimate of drug-likeness (QED) is 0.00906. The first-order valence-electron chi connectivity index (χ1n) is 38.9. The number of carbonyl (C=O) groups is 10. The summed E-state index contributed by atoms with van der Waals surface area (Å²) in [4.78, 5) is 151. The molecule has 2 atom stereocenters. The fraction of sp³-hybridized carbons (Fsp3) is 0.229. The molecule has 0 radical (unpaired) electrons. The van der Waals surface area contributed by atoms with Crippen LogP contribution in [-0.2, 0) is 86.5 Å². The Kier molecular flexibility index (Phi) is 24.6. The lowest BCUT2D eigenvalue weighted by Crippen LogP contribution is -2.53. The van der Waals surface area contributed by atoms with Crippen LogP contribution in [0.25, 0.3) is 43.1 Å². The predicted molar refractivity (Wildman–Crippen MR) is 447 cm³/mol. The first-order valence-corrected chi connectivity index (χ1v) is 38.9. The summed E-state index contributed by atoms with van der Waals surface area (Å²) in [5.41, 5.74) is 5.17. The highest BCUT2D eigenvalue weighted by Crippen LogP contribution is 2.58. The molecule has 2 heterocycles. The van der Waals surface area contributed by atoms with Crippen LogP contribution in [0.5, 0.6) is 46.0 Å². The number of ether oxygens (including phenoxy) is 8. The Balaban J connectivity index is 1.12. The Bertz CT molecular complexity index is 5240. The molecule has 600 valence electrons. The molecule has 0 aliphatic carbocycles. The third kappa shape index (κ3) is 17.2. The van der Waals surface area contributed by atoms with Crippen molar-refractivity contribution in [3.05, 3.63) is 286 Å². The lowest BCUT2D eigenvalue weighted by atomic mass is 9.80. The van der Waals surface area contributed by atoms with Crippen molar-refractivity contribution in [1.29, 1.82) is 0 Å². The van der Waals surface area contributed by atoms with E-state index in [1.165, 1.54) is 38.1 Å². The number of rotatable bonds is 34. The van der Waals surface area contributed by atoms with E-state index in [1.807, 2.05) is 60.7 Å². The molecule has 11 aromatic rings. The van der Waals surface area contributed by atoms with Crippen molar-refractivity contribution in [2.75, 3.05) is 39.5 Å². The van der Waals surface area contributed by atoms with Crippen LogP contribution in [0.1, 0.15) is 130 Å². The van der Waals surface area contributed by atoms with Gasteiger partial charge in [-0.2, -0.15) is 0 Å². The molecule has 0 saturated heterocycles. The maximum absolute atomic E-state index is 16.4. The first kappa shape index (κ1) is 82.0. The molecule has 0 fully saturated rings. The molecule has 118 heavy (non-hydrogen) atoms. The summed E-state index contributed by atoms with van der Waals surface area (Å²) in [5.74, 6) is -6.07. The Labute approximate surface area is 682 Å². The van der Waals surface area contributed by atoms with Crippen LogP contribution < -0.4 is 18.9 Å². The molecule has 0 N–H and O–H groups in total. The van der Waals surface area contributed by atoms with Gasteiger partial charge in [0.25, 0.3) is 23.6 Å². The average Bonchev–Trinajstić information content (AvgIpc) is 0.670. The van der Waals surface area contributed by atoms with E-state index < -0.39 is 71.4 Å². The number of hydrogen-bond donors (Lipinski definition) is 0. The molecule has 0 aromatic heterocycles. The van der Waals surface area contributed by atoms with E-state index in [2.05, 4.69) is 26.3 Å². The highest BCUT2D eigenvalue weighted by molar-refractivity contribution is 6.45. The van der Waals surface area contributed by atoms with Crippen LogP contribution >= 0.6 is 0 Å². The molecule has 2 aliphatic rings. The summed E-state index contributed by atoms with van der Waals surface area (Å²) in [5, 5.41) is 1.10. The summed E-state index contributed by atoms with van der Waals surface area (Å²) in [6, 6.07) is 49.5. The van der Waals surface area contributed by atoms with Gasteiger partial charge in [0, 0.05) is 117 Å². The smallest absolute Gasteiger partial charge is 0.333 e. The van der Waals surface area contributed by atoms with Gasteiger partial charge in [-0.3, -0.25) is 38.6 Å². The van der Waals surface area contributed by atoms with Crippen LogP contribution in [0, 0.1) is 0 Å². The maximum Gasteiger partial charge on any atom is 0.333 e. The molecule has 0 saturated carbocycles. The highest BCUT2D eigenvalue weighted by atomic mass is 16.5. The van der Waals surface area contributed by atoms with Crippen molar-refractivity contribution in [3.63, 3.8) is 0 Å². The minimum absolute atomic E-state index is 0.0240. The maximum atomic E-state index is 16.4. The molecule has 11 aromatic carbocycles. The van der Waals surface area contributed by atoms with Gasteiger partial charge in [-0.25, -0.2) is 19.2 Å². The van der Waals surface area contributed by atoms with E-state index in [0.717, 1.165) is 43.2 Å². The summed E-state index contributed by atoms with van der Waals surface area (Å²) in [7, 11) is 0. The van der Waals surface area contributed by atoms with Gasteiger partial charge < -0.3 is 47.7 Å². The number of hydrogen-bond acceptors (Lipinski definition) is 18. The second kappa shape index (κ2) is 35.4. The number of likely N-dealkylation sites (N-methyl/N-ethyl adjacent to an activating group) is 2. The van der Waals surface area contributed by atoms with Crippen LogP contribution in [0.4, 0.5) is 0 Å². The average molecular weight is 1590 g/mol. The van der Waals surface area contributed by atoms with Crippen molar-refractivity contribution in [3.8, 4) is 46.0 Å². The van der Waals surface area contributed by atoms with Crippen LogP contribution in [0.2, 0.25) is 0 Å². The number of amides is 6. The largest absolute Gasteiger partial charge is 0.462 e. The van der Waals surface area contributed by atoms with Gasteiger partial charge in [0.15, 0.2) is 0 Å². The van der Waals surface area contributed by atoms with E-state index in [4.69, 9.17) is 37.9 Å². The third-order valence-electron chi connectivity index (χ3n) is 20.8. The molecular weight excluding hydrogens is 1500 g/mol. The number of benzene rings is 11. The first-order chi connectivity index (χ1) is 56.7. The Hall–Kier alpha value is -14.0. The molecule has 0 bridgehead atoms. The van der Waals surface area contributed by atoms with E-state index in [9.17, 15) is 19.2 Å². The molecule has 22 heteroatoms. The SMILES string of the molecule is C=C(C)C(=O)OCCc1ccc(Oc2cc3c4c(cc(Oc5ccc(CCOC(=O)C(=C)C)cc5)c5c6c(Oc7ccc(CCOC(=O)C(=C)C)cc7)cc7c8c(cc(Oc9ccc(CCOC(=O)C(=C)C)cc9)c(c2c45)c86)C(=O)N(C(C)C(=O)N(CC)Cc2ccccc2)C7=O)C(=O)N(C(C)C(=O)N(CC)Cc2ccccc2)C3=O)cc1. The zero-order chi connectivity index (χ0) is 83.9. The molecule has 6 amide bonds. The van der Waals surface area contributed by atoms with Gasteiger partial charge in [-0.1, -0.05) is 136 Å². The summed E-state index contributed by atoms with van der Waals surface area (Å²) >= 11 is 0. The minimum atomic E-state index is -1.42. The van der Waals surface area contributed by atoms with E-state index in [0.29, 0.717) is 25.7 Å². The molecule has 13 rings (SSSR count). The summed E-state index contributed by atoms with van der Waals surface area (Å²) in [6.45, 7) is 28.4. The summed E-state index contributed by atoms with van der Waals surface area (Å²) < 4.78 is 51.0. The van der Waals surface area contributed by atoms with E-state index in [-0.39, 0.29) is 186 Å². The minimum Gasteiger partial charge on any atom is -0.462 e. The fourth-order valence-corrected chi connectivity index (χ4v) is 14.6. The monoisotopic (exact) mass is 1580 g/mol. The number of imide groups is 2. The standard InChI is InChI=1S/C96H88N4O18/c1-13-97(53-65-21-17-15-18-22-65)87(101)59(11)99-89(103)71-49-75(115-67-33-25-61(26-34-67)41-45-111-93(107)55(3)4)81-83-77(117-69-37-29-63(30-38-69)43-47-113-95(109)57(7)8)51-73-80-74(92(106)100(91(73)105)60(12)88(102)98(14-2)54-66-23-19-16-20-24-66)52-78(118-70-39-31-64(32-40-70)44-48-114-96(110)58(9)10)84(86(80)83)82-76(50-72(90(99)104)79(71)85(81)82)116-68-35-27-62(28-36-68)42-46-112-94(108)56(5)6/h15-40,49-52,59-60H,3,5,7,9,13-14,41-48,53-54H2,1-2,4,6,8,10-12H3. The summed E-state index contributed by atoms with van der Waals surface area (Å²) in [6.07, 6.45) is 1.19. The van der Waals surface area contributed by atoms with Crippen LogP contribution in [0.15, 0.2) is 231 Å². The van der Waals surface area contributed by atoms with Gasteiger partial charge in [0.2, 0.25) is 11.8 Å². The lowest BCUT2D eigenvalue weighted by Gasteiger charge is -2.36. The number of fused-ring (bicyclic) bond motifs is 2. The number of esters is 4.